The zero-order valence-corrected chi connectivity index (χ0v) is 18.4. The Kier molecular flexibility index (Phi) is 6.31. The van der Waals surface area contributed by atoms with Crippen LogP contribution in [0.1, 0.15) is 9.67 Å². The maximum Gasteiger partial charge on any atom is 0.281 e. The van der Waals surface area contributed by atoms with E-state index in [1.807, 2.05) is 60.7 Å². The third-order valence-corrected chi connectivity index (χ3v) is 6.27. The summed E-state index contributed by atoms with van der Waals surface area (Å²) in [7, 11) is 0. The maximum absolute atomic E-state index is 12.4. The third-order valence-electron chi connectivity index (χ3n) is 4.39. The average Bonchev–Trinajstić information content (AvgIpc) is 3.13. The van der Waals surface area contributed by atoms with Gasteiger partial charge >= 0.3 is 0 Å². The Hall–Kier alpha value is -3.20. The lowest BCUT2D eigenvalue weighted by molar-refractivity contribution is -0.121. The van der Waals surface area contributed by atoms with Crippen molar-refractivity contribution in [1.82, 2.24) is 16.2 Å². The van der Waals surface area contributed by atoms with Crippen LogP contribution in [0.25, 0.3) is 20.9 Å². The van der Waals surface area contributed by atoms with Crippen LogP contribution < -0.4 is 20.9 Å². The lowest BCUT2D eigenvalue weighted by Crippen LogP contribution is -2.49. The van der Waals surface area contributed by atoms with Crippen molar-refractivity contribution in [2.75, 3.05) is 6.61 Å². The molecule has 31 heavy (non-hydrogen) atoms. The van der Waals surface area contributed by atoms with Gasteiger partial charge in [-0.2, -0.15) is 0 Å². The molecule has 0 aliphatic rings. The largest absolute Gasteiger partial charge is 0.483 e. The van der Waals surface area contributed by atoms with Crippen LogP contribution in [0.3, 0.4) is 0 Å². The summed E-state index contributed by atoms with van der Waals surface area (Å²) in [6.07, 6.45) is 0. The number of ether oxygens (including phenoxy) is 1. The van der Waals surface area contributed by atoms with Gasteiger partial charge in [0.2, 0.25) is 0 Å². The van der Waals surface area contributed by atoms with Gasteiger partial charge in [0.15, 0.2) is 11.7 Å². The van der Waals surface area contributed by atoms with Crippen molar-refractivity contribution >= 4 is 72.9 Å². The number of carbonyl (C=O) groups excluding carboxylic acids is 2. The van der Waals surface area contributed by atoms with Crippen LogP contribution in [0.4, 0.5) is 0 Å². The average molecular weight is 470 g/mol. The first-order chi connectivity index (χ1) is 15.0. The first-order valence-electron chi connectivity index (χ1n) is 9.20. The number of rotatable bonds is 4. The molecule has 0 saturated heterocycles. The van der Waals surface area contributed by atoms with Crippen molar-refractivity contribution in [3.63, 3.8) is 0 Å². The number of amides is 2. The van der Waals surface area contributed by atoms with Crippen molar-refractivity contribution in [3.8, 4) is 5.75 Å². The topological polar surface area (TPSA) is 79.5 Å². The highest BCUT2D eigenvalue weighted by Gasteiger charge is 2.17. The molecule has 0 aliphatic heterocycles. The fraction of sp³-hybridized carbons (Fsp3) is 0.0455. The Morgan fingerprint density at radius 2 is 1.65 bits per heavy atom. The van der Waals surface area contributed by atoms with Gasteiger partial charge in [0.05, 0.1) is 5.02 Å². The lowest BCUT2D eigenvalue weighted by Gasteiger charge is -2.12. The van der Waals surface area contributed by atoms with Gasteiger partial charge in [-0.15, -0.1) is 11.3 Å². The van der Waals surface area contributed by atoms with Crippen LogP contribution in [0.5, 0.6) is 5.75 Å². The predicted molar refractivity (Wildman–Crippen MR) is 128 cm³/mol. The zero-order chi connectivity index (χ0) is 21.8. The molecule has 6 nitrogen and oxygen atoms in total. The summed E-state index contributed by atoms with van der Waals surface area (Å²) in [5.74, 6) is -0.311. The van der Waals surface area contributed by atoms with Crippen LogP contribution in [-0.2, 0) is 4.79 Å². The molecule has 0 fully saturated rings. The number of benzene rings is 3. The Bertz CT molecular complexity index is 1300. The van der Waals surface area contributed by atoms with Crippen LogP contribution in [0, 0.1) is 0 Å². The summed E-state index contributed by atoms with van der Waals surface area (Å²) in [6, 6.07) is 20.8. The Labute approximate surface area is 192 Å². The molecule has 0 aliphatic carbocycles. The van der Waals surface area contributed by atoms with E-state index in [1.54, 1.807) is 6.07 Å². The monoisotopic (exact) mass is 469 g/mol. The SMILES string of the molecule is O=C(COc1cccc2ccccc12)NC(=S)NNC(=O)c1sc2ccccc2c1Cl. The number of fused-ring (bicyclic) bond motifs is 2. The number of halogens is 1. The van der Waals surface area contributed by atoms with Crippen molar-refractivity contribution in [3.05, 3.63) is 76.6 Å². The standard InChI is InChI=1S/C22H16ClN3O3S2/c23-19-15-9-3-4-11-17(15)31-20(19)21(28)25-26-22(30)24-18(27)12-29-16-10-5-7-13-6-1-2-8-14(13)16/h1-11H,12H2,(H,25,28)(H2,24,26,27,30). The molecule has 2 amide bonds. The van der Waals surface area contributed by atoms with Crippen molar-refractivity contribution in [2.45, 2.75) is 0 Å². The second-order valence-electron chi connectivity index (χ2n) is 6.46. The molecular weight excluding hydrogens is 454 g/mol. The second-order valence-corrected chi connectivity index (χ2v) is 8.30. The minimum absolute atomic E-state index is 0.0582. The molecule has 4 aromatic rings. The van der Waals surface area contributed by atoms with E-state index in [4.69, 9.17) is 28.6 Å². The summed E-state index contributed by atoms with van der Waals surface area (Å²) in [5.41, 5.74) is 4.95. The van der Waals surface area contributed by atoms with Gasteiger partial charge < -0.3 is 4.74 Å². The van der Waals surface area contributed by atoms with E-state index in [9.17, 15) is 9.59 Å². The quantitative estimate of drug-likeness (QED) is 0.304. The summed E-state index contributed by atoms with van der Waals surface area (Å²) in [6.45, 7) is -0.230. The Morgan fingerprint density at radius 1 is 0.935 bits per heavy atom. The van der Waals surface area contributed by atoms with E-state index in [0.29, 0.717) is 15.6 Å². The van der Waals surface area contributed by atoms with Crippen molar-refractivity contribution in [1.29, 1.82) is 0 Å². The Morgan fingerprint density at radius 3 is 2.45 bits per heavy atom. The molecule has 0 atom stereocenters. The molecule has 1 heterocycles. The van der Waals surface area contributed by atoms with Gasteiger partial charge in [-0.3, -0.25) is 25.8 Å². The minimum atomic E-state index is -0.459. The zero-order valence-electron chi connectivity index (χ0n) is 16.0. The van der Waals surface area contributed by atoms with Gasteiger partial charge in [0, 0.05) is 15.5 Å². The molecule has 4 rings (SSSR count). The molecule has 0 saturated carbocycles. The second kappa shape index (κ2) is 9.30. The number of carbonyl (C=O) groups is 2. The van der Waals surface area contributed by atoms with E-state index in [2.05, 4.69) is 16.2 Å². The molecule has 3 aromatic carbocycles. The van der Waals surface area contributed by atoms with Gasteiger partial charge in [-0.25, -0.2) is 0 Å². The molecule has 0 unspecified atom stereocenters. The normalized spacial score (nSPS) is 10.6. The maximum atomic E-state index is 12.4. The van der Waals surface area contributed by atoms with E-state index >= 15 is 0 Å². The molecular formula is C22H16ClN3O3S2. The first-order valence-corrected chi connectivity index (χ1v) is 10.8. The Balaban J connectivity index is 1.29. The van der Waals surface area contributed by atoms with E-state index in [-0.39, 0.29) is 11.7 Å². The summed E-state index contributed by atoms with van der Waals surface area (Å²) < 4.78 is 6.53. The van der Waals surface area contributed by atoms with Crippen LogP contribution >= 0.6 is 35.2 Å². The number of nitrogens with one attached hydrogen (secondary N) is 3. The van der Waals surface area contributed by atoms with E-state index < -0.39 is 11.8 Å². The minimum Gasteiger partial charge on any atom is -0.483 e. The number of hydrogen-bond donors (Lipinski definition) is 3. The molecule has 0 radical (unpaired) electrons. The number of hydrazine groups is 1. The van der Waals surface area contributed by atoms with Crippen LogP contribution in [0.15, 0.2) is 66.7 Å². The fourth-order valence-corrected chi connectivity index (χ4v) is 4.57. The molecule has 0 bridgehead atoms. The highest BCUT2D eigenvalue weighted by molar-refractivity contribution is 7.80. The molecule has 3 N–H and O–H groups in total. The number of thiophene rings is 1. The van der Waals surface area contributed by atoms with Gasteiger partial charge in [0.1, 0.15) is 10.6 Å². The van der Waals surface area contributed by atoms with Crippen LogP contribution in [-0.4, -0.2) is 23.5 Å². The summed E-state index contributed by atoms with van der Waals surface area (Å²) in [4.78, 5) is 24.9. The first kappa shape index (κ1) is 21.0. The molecule has 9 heteroatoms. The number of hydrogen-bond acceptors (Lipinski definition) is 5. The lowest BCUT2D eigenvalue weighted by atomic mass is 10.1. The fourth-order valence-electron chi connectivity index (χ4n) is 2.99. The summed E-state index contributed by atoms with van der Waals surface area (Å²) in [5, 5.41) is 5.50. The van der Waals surface area contributed by atoms with Gasteiger partial charge in [-0.1, -0.05) is 66.2 Å². The van der Waals surface area contributed by atoms with Gasteiger partial charge in [0.25, 0.3) is 11.8 Å². The predicted octanol–water partition coefficient (Wildman–Crippen LogP) is 4.42. The van der Waals surface area contributed by atoms with Crippen LogP contribution in [0.2, 0.25) is 5.02 Å². The number of thiocarbonyl (C=S) groups is 1. The smallest absolute Gasteiger partial charge is 0.281 e. The summed E-state index contributed by atoms with van der Waals surface area (Å²) >= 11 is 12.6. The van der Waals surface area contributed by atoms with E-state index in [1.165, 1.54) is 11.3 Å². The van der Waals surface area contributed by atoms with Crippen molar-refractivity contribution < 1.29 is 14.3 Å². The van der Waals surface area contributed by atoms with E-state index in [0.717, 1.165) is 20.9 Å². The molecule has 0 spiro atoms. The molecule has 1 aromatic heterocycles. The third kappa shape index (κ3) is 4.77. The van der Waals surface area contributed by atoms with Crippen molar-refractivity contribution in [2.24, 2.45) is 0 Å². The highest BCUT2D eigenvalue weighted by atomic mass is 35.5. The highest BCUT2D eigenvalue weighted by Crippen LogP contribution is 2.34. The molecule has 156 valence electrons. The van der Waals surface area contributed by atoms with Gasteiger partial charge in [-0.05, 0) is 29.7 Å².